The van der Waals surface area contributed by atoms with Gasteiger partial charge in [-0.3, -0.25) is 9.59 Å². The van der Waals surface area contributed by atoms with Gasteiger partial charge in [-0.2, -0.15) is 0 Å². The van der Waals surface area contributed by atoms with E-state index in [2.05, 4.69) is 10.6 Å². The van der Waals surface area contributed by atoms with Crippen LogP contribution in [0.2, 0.25) is 0 Å². The van der Waals surface area contributed by atoms with Gasteiger partial charge in [-0.25, -0.2) is 0 Å². The van der Waals surface area contributed by atoms with Crippen molar-refractivity contribution in [2.75, 3.05) is 32.7 Å². The molecule has 0 fully saturated rings. The van der Waals surface area contributed by atoms with Gasteiger partial charge in [0.2, 0.25) is 11.8 Å². The topological polar surface area (TPSA) is 67.4 Å². The Bertz CT molecular complexity index is 200. The minimum Gasteiger partial charge on any atom is -0.385 e. The molecular formula is C9H17ClN2O3. The summed E-state index contributed by atoms with van der Waals surface area (Å²) < 4.78 is 4.82. The predicted molar refractivity (Wildman–Crippen MR) is 57.8 cm³/mol. The van der Waals surface area contributed by atoms with E-state index < -0.39 is 0 Å². The molecule has 0 aromatic carbocycles. The van der Waals surface area contributed by atoms with Crippen molar-refractivity contribution in [3.63, 3.8) is 0 Å². The molecular weight excluding hydrogens is 220 g/mol. The van der Waals surface area contributed by atoms with Crippen molar-refractivity contribution in [3.8, 4) is 0 Å². The predicted octanol–water partition coefficient (Wildman–Crippen LogP) is -0.116. The van der Waals surface area contributed by atoms with Gasteiger partial charge in [-0.1, -0.05) is 0 Å². The number of carbonyl (C=O) groups excluding carboxylic acids is 2. The maximum Gasteiger partial charge on any atom is 0.239 e. The second-order valence-corrected chi connectivity index (χ2v) is 3.29. The molecule has 88 valence electrons. The van der Waals surface area contributed by atoms with Gasteiger partial charge >= 0.3 is 0 Å². The zero-order chi connectivity index (χ0) is 11.5. The van der Waals surface area contributed by atoms with E-state index >= 15 is 0 Å². The summed E-state index contributed by atoms with van der Waals surface area (Å²) in [5.74, 6) is -0.146. The monoisotopic (exact) mass is 236 g/mol. The van der Waals surface area contributed by atoms with E-state index in [9.17, 15) is 9.59 Å². The van der Waals surface area contributed by atoms with Gasteiger partial charge in [0, 0.05) is 32.6 Å². The Kier molecular flexibility index (Phi) is 9.21. The molecule has 2 amide bonds. The molecule has 2 N–H and O–H groups in total. The molecule has 0 saturated heterocycles. The highest BCUT2D eigenvalue weighted by molar-refractivity contribution is 6.18. The van der Waals surface area contributed by atoms with Crippen molar-refractivity contribution in [1.82, 2.24) is 10.6 Å². The quantitative estimate of drug-likeness (QED) is 0.456. The lowest BCUT2D eigenvalue weighted by atomic mass is 10.4. The van der Waals surface area contributed by atoms with E-state index in [0.717, 1.165) is 6.42 Å². The van der Waals surface area contributed by atoms with Gasteiger partial charge in [-0.05, 0) is 6.42 Å². The highest BCUT2D eigenvalue weighted by Crippen LogP contribution is 1.83. The molecule has 6 heteroatoms. The lowest BCUT2D eigenvalue weighted by Gasteiger charge is -2.05. The normalized spacial score (nSPS) is 9.73. The van der Waals surface area contributed by atoms with Gasteiger partial charge < -0.3 is 15.4 Å². The van der Waals surface area contributed by atoms with Crippen LogP contribution >= 0.6 is 11.6 Å². The zero-order valence-corrected chi connectivity index (χ0v) is 9.60. The number of hydrogen-bond donors (Lipinski definition) is 2. The summed E-state index contributed by atoms with van der Waals surface area (Å²) in [5, 5.41) is 5.11. The lowest BCUT2D eigenvalue weighted by Crippen LogP contribution is -2.37. The number of alkyl halides is 1. The molecule has 0 radical (unpaired) electrons. The number of nitrogens with one attached hydrogen (secondary N) is 2. The van der Waals surface area contributed by atoms with Crippen LogP contribution in [0.5, 0.6) is 0 Å². The van der Waals surface area contributed by atoms with Crippen molar-refractivity contribution >= 4 is 23.4 Å². The van der Waals surface area contributed by atoms with Crippen molar-refractivity contribution < 1.29 is 14.3 Å². The number of carbonyl (C=O) groups is 2. The Hall–Kier alpha value is -0.810. The molecule has 0 unspecified atom stereocenters. The van der Waals surface area contributed by atoms with Crippen LogP contribution < -0.4 is 10.6 Å². The van der Waals surface area contributed by atoms with Gasteiger partial charge in [0.05, 0.1) is 6.54 Å². The van der Waals surface area contributed by atoms with E-state index in [1.54, 1.807) is 7.11 Å². The molecule has 15 heavy (non-hydrogen) atoms. The van der Waals surface area contributed by atoms with Gasteiger partial charge in [0.1, 0.15) is 0 Å². The first-order valence-corrected chi connectivity index (χ1v) is 5.32. The molecule has 0 spiro atoms. The molecule has 0 aliphatic carbocycles. The molecule has 0 rings (SSSR count). The van der Waals surface area contributed by atoms with Gasteiger partial charge in [0.25, 0.3) is 0 Å². The minimum absolute atomic E-state index is 0.00268. The lowest BCUT2D eigenvalue weighted by molar-refractivity contribution is -0.125. The number of methoxy groups -OCH3 is 1. The first kappa shape index (κ1) is 14.2. The van der Waals surface area contributed by atoms with E-state index in [4.69, 9.17) is 16.3 Å². The molecule has 0 aliphatic rings. The second kappa shape index (κ2) is 9.73. The average Bonchev–Trinajstić information content (AvgIpc) is 2.22. The van der Waals surface area contributed by atoms with E-state index in [0.29, 0.717) is 13.2 Å². The first-order valence-electron chi connectivity index (χ1n) is 4.79. The molecule has 0 heterocycles. The third-order valence-electron chi connectivity index (χ3n) is 1.62. The van der Waals surface area contributed by atoms with Crippen molar-refractivity contribution in [1.29, 1.82) is 0 Å². The van der Waals surface area contributed by atoms with Gasteiger partial charge in [0.15, 0.2) is 0 Å². The van der Waals surface area contributed by atoms with Crippen LogP contribution in [0.4, 0.5) is 0 Å². The number of rotatable bonds is 8. The first-order chi connectivity index (χ1) is 7.20. The van der Waals surface area contributed by atoms with Crippen LogP contribution in [-0.2, 0) is 14.3 Å². The highest BCUT2D eigenvalue weighted by Gasteiger charge is 2.03. The van der Waals surface area contributed by atoms with Crippen LogP contribution in [0, 0.1) is 0 Å². The smallest absolute Gasteiger partial charge is 0.239 e. The van der Waals surface area contributed by atoms with E-state index in [1.165, 1.54) is 0 Å². The maximum atomic E-state index is 11.1. The molecule has 0 bridgehead atoms. The Labute approximate surface area is 94.5 Å². The zero-order valence-electron chi connectivity index (χ0n) is 8.85. The van der Waals surface area contributed by atoms with Crippen LogP contribution in [0.15, 0.2) is 0 Å². The second-order valence-electron chi connectivity index (χ2n) is 2.91. The number of amides is 2. The molecule has 0 aliphatic heterocycles. The van der Waals surface area contributed by atoms with Crippen molar-refractivity contribution in [3.05, 3.63) is 0 Å². The summed E-state index contributed by atoms with van der Waals surface area (Å²) in [6.07, 6.45) is 0.996. The summed E-state index contributed by atoms with van der Waals surface area (Å²) in [6.45, 7) is 1.17. The highest BCUT2D eigenvalue weighted by atomic mass is 35.5. The average molecular weight is 237 g/mol. The molecule has 0 aromatic rings. The molecule has 0 atom stereocenters. The third kappa shape index (κ3) is 9.49. The molecule has 5 nitrogen and oxygen atoms in total. The fourth-order valence-electron chi connectivity index (χ4n) is 0.860. The molecule has 0 saturated carbocycles. The minimum atomic E-state index is -0.211. The Morgan fingerprint density at radius 1 is 1.27 bits per heavy atom. The summed E-state index contributed by atoms with van der Waals surface area (Å²) in [6, 6.07) is 0. The summed E-state index contributed by atoms with van der Waals surface area (Å²) in [7, 11) is 1.61. The Balaban J connectivity index is 3.36. The van der Waals surface area contributed by atoms with Crippen molar-refractivity contribution in [2.24, 2.45) is 0 Å². The third-order valence-corrected chi connectivity index (χ3v) is 1.80. The standard InChI is InChI=1S/C9H17ClN2O3/c1-15-6-2-5-11-9(14)7-12-8(13)3-4-10/h2-7H2,1H3,(H,11,14)(H,12,13). The van der Waals surface area contributed by atoms with Crippen molar-refractivity contribution in [2.45, 2.75) is 12.8 Å². The number of ether oxygens (including phenoxy) is 1. The van der Waals surface area contributed by atoms with E-state index in [1.807, 2.05) is 0 Å². The Morgan fingerprint density at radius 2 is 2.00 bits per heavy atom. The van der Waals surface area contributed by atoms with Crippen LogP contribution in [-0.4, -0.2) is 44.5 Å². The fourth-order valence-corrected chi connectivity index (χ4v) is 1.03. The number of hydrogen-bond acceptors (Lipinski definition) is 3. The van der Waals surface area contributed by atoms with Gasteiger partial charge in [-0.15, -0.1) is 11.6 Å². The van der Waals surface area contributed by atoms with Crippen LogP contribution in [0.1, 0.15) is 12.8 Å². The summed E-state index contributed by atoms with van der Waals surface area (Å²) >= 11 is 5.35. The molecule has 0 aromatic heterocycles. The van der Waals surface area contributed by atoms with Crippen LogP contribution in [0.25, 0.3) is 0 Å². The maximum absolute atomic E-state index is 11.1. The number of halogens is 1. The fraction of sp³-hybridized carbons (Fsp3) is 0.778. The summed E-state index contributed by atoms with van der Waals surface area (Å²) in [5.41, 5.74) is 0. The Morgan fingerprint density at radius 3 is 2.60 bits per heavy atom. The van der Waals surface area contributed by atoms with Crippen LogP contribution in [0.3, 0.4) is 0 Å². The SMILES string of the molecule is COCCCNC(=O)CNC(=O)CCCl. The van der Waals surface area contributed by atoms with E-state index in [-0.39, 0.29) is 30.7 Å². The largest absolute Gasteiger partial charge is 0.385 e. The summed E-state index contributed by atoms with van der Waals surface area (Å²) in [4.78, 5) is 22.0.